The molecule has 0 N–H and O–H groups in total. The summed E-state index contributed by atoms with van der Waals surface area (Å²) in [4.78, 5) is 12.0. The Morgan fingerprint density at radius 2 is 1.71 bits per heavy atom. The largest absolute Gasteiger partial charge is 0.463 e. The van der Waals surface area contributed by atoms with Crippen molar-refractivity contribution in [2.75, 3.05) is 6.61 Å². The van der Waals surface area contributed by atoms with Crippen LogP contribution in [0.2, 0.25) is 16.6 Å². The van der Waals surface area contributed by atoms with Crippen LogP contribution in [0.4, 0.5) is 0 Å². The predicted molar refractivity (Wildman–Crippen MR) is 104 cm³/mol. The summed E-state index contributed by atoms with van der Waals surface area (Å²) in [5.41, 5.74) is 3.88. The average Bonchev–Trinajstić information content (AvgIpc) is 2.85. The maximum atomic E-state index is 12.0. The van der Waals surface area contributed by atoms with E-state index in [1.807, 2.05) is 13.8 Å². The summed E-state index contributed by atoms with van der Waals surface area (Å²) >= 11 is 0. The zero-order valence-corrected chi connectivity index (χ0v) is 17.8. The van der Waals surface area contributed by atoms with Gasteiger partial charge >= 0.3 is 5.97 Å². The molecule has 0 aliphatic heterocycles. The highest BCUT2D eigenvalue weighted by Crippen LogP contribution is 2.46. The first kappa shape index (κ1) is 21.2. The first-order valence-electron chi connectivity index (χ1n) is 9.42. The fourth-order valence-corrected chi connectivity index (χ4v) is 9.93. The molecule has 0 saturated heterocycles. The van der Waals surface area contributed by atoms with Gasteiger partial charge in [0, 0.05) is 6.08 Å². The Morgan fingerprint density at radius 3 is 2.12 bits per heavy atom. The minimum Gasteiger partial charge on any atom is -0.463 e. The van der Waals surface area contributed by atoms with Gasteiger partial charge in [-0.3, -0.25) is 0 Å². The number of rotatable bonds is 7. The Bertz CT molecular complexity index is 467. The van der Waals surface area contributed by atoms with E-state index in [-0.39, 0.29) is 12.1 Å². The molecular formula is C20H36O3Si. The first-order valence-corrected chi connectivity index (χ1v) is 11.6. The van der Waals surface area contributed by atoms with Crippen LogP contribution in [-0.2, 0) is 14.0 Å². The third-order valence-electron chi connectivity index (χ3n) is 5.36. The van der Waals surface area contributed by atoms with Gasteiger partial charge in [-0.05, 0) is 54.5 Å². The standard InChI is InChI=1S/C20H36O3Si/c1-9-17-11-12-19(18(17)13-20(21)22-10-2)23-24(14(3)4,15(5)6)16(7)8/h9,13-16,19H,10-12H2,1-8H3/b17-9+,18-13-. The van der Waals surface area contributed by atoms with Crippen molar-refractivity contribution in [2.24, 2.45) is 0 Å². The second kappa shape index (κ2) is 9.00. The van der Waals surface area contributed by atoms with Gasteiger partial charge in [-0.2, -0.15) is 0 Å². The lowest BCUT2D eigenvalue weighted by Crippen LogP contribution is -2.50. The Balaban J connectivity index is 3.20. The molecule has 4 heteroatoms. The van der Waals surface area contributed by atoms with Gasteiger partial charge in [0.1, 0.15) is 0 Å². The molecule has 138 valence electrons. The molecule has 1 saturated carbocycles. The Kier molecular flexibility index (Phi) is 7.94. The smallest absolute Gasteiger partial charge is 0.331 e. The van der Waals surface area contributed by atoms with Crippen LogP contribution in [0, 0.1) is 0 Å². The Morgan fingerprint density at radius 1 is 1.17 bits per heavy atom. The summed E-state index contributed by atoms with van der Waals surface area (Å²) in [6.45, 7) is 18.1. The van der Waals surface area contributed by atoms with Crippen LogP contribution in [0.25, 0.3) is 0 Å². The third-order valence-corrected chi connectivity index (χ3v) is 11.5. The van der Waals surface area contributed by atoms with Crippen molar-refractivity contribution in [3.63, 3.8) is 0 Å². The highest BCUT2D eigenvalue weighted by Gasteiger charge is 2.47. The van der Waals surface area contributed by atoms with E-state index in [0.717, 1.165) is 18.4 Å². The fraction of sp³-hybridized carbons (Fsp3) is 0.750. The number of esters is 1. The molecule has 0 bridgehead atoms. The molecule has 1 fully saturated rings. The third kappa shape index (κ3) is 4.40. The van der Waals surface area contributed by atoms with E-state index in [2.05, 4.69) is 47.6 Å². The minimum absolute atomic E-state index is 0.0273. The molecular weight excluding hydrogens is 316 g/mol. The van der Waals surface area contributed by atoms with Gasteiger partial charge < -0.3 is 9.16 Å². The molecule has 0 amide bonds. The van der Waals surface area contributed by atoms with Crippen LogP contribution in [0.1, 0.15) is 68.2 Å². The van der Waals surface area contributed by atoms with E-state index in [1.54, 1.807) is 6.08 Å². The van der Waals surface area contributed by atoms with Gasteiger partial charge in [0.25, 0.3) is 0 Å². The molecule has 0 spiro atoms. The molecule has 0 aromatic rings. The van der Waals surface area contributed by atoms with Crippen molar-refractivity contribution < 1.29 is 14.0 Å². The van der Waals surface area contributed by atoms with Crippen molar-refractivity contribution in [2.45, 2.75) is 91.0 Å². The van der Waals surface area contributed by atoms with Gasteiger partial charge in [-0.1, -0.05) is 47.6 Å². The molecule has 1 rings (SSSR count). The van der Waals surface area contributed by atoms with Crippen molar-refractivity contribution in [1.29, 1.82) is 0 Å². The quantitative estimate of drug-likeness (QED) is 0.331. The van der Waals surface area contributed by atoms with Gasteiger partial charge in [-0.25, -0.2) is 4.79 Å². The molecule has 0 radical (unpaired) electrons. The van der Waals surface area contributed by atoms with Crippen LogP contribution < -0.4 is 0 Å². The van der Waals surface area contributed by atoms with Gasteiger partial charge in [0.15, 0.2) is 0 Å². The van der Waals surface area contributed by atoms with Crippen LogP contribution in [0.3, 0.4) is 0 Å². The van der Waals surface area contributed by atoms with Crippen LogP contribution in [-0.4, -0.2) is 27.0 Å². The second-order valence-corrected chi connectivity index (χ2v) is 13.0. The SMILES string of the molecule is C/C=C1\CCC(O[Si](C(C)C)(C(C)C)C(C)C)\C1=C/C(=O)OCC. The van der Waals surface area contributed by atoms with Gasteiger partial charge in [-0.15, -0.1) is 0 Å². The maximum Gasteiger partial charge on any atom is 0.331 e. The van der Waals surface area contributed by atoms with Crippen molar-refractivity contribution >= 4 is 14.3 Å². The molecule has 0 heterocycles. The second-order valence-electron chi connectivity index (χ2n) is 7.63. The molecule has 1 atom stereocenters. The molecule has 1 aliphatic carbocycles. The number of hydrogen-bond donors (Lipinski definition) is 0. The Labute approximate surface area is 149 Å². The summed E-state index contributed by atoms with van der Waals surface area (Å²) in [6, 6.07) is 0. The average molecular weight is 353 g/mol. The number of ether oxygens (including phenoxy) is 1. The summed E-state index contributed by atoms with van der Waals surface area (Å²) in [5.74, 6) is -0.256. The minimum atomic E-state index is -1.97. The fourth-order valence-electron chi connectivity index (χ4n) is 4.38. The highest BCUT2D eigenvalue weighted by molar-refractivity contribution is 6.77. The van der Waals surface area contributed by atoms with Crippen molar-refractivity contribution in [1.82, 2.24) is 0 Å². The summed E-state index contributed by atoms with van der Waals surface area (Å²) in [5, 5.41) is 0. The van der Waals surface area contributed by atoms with E-state index < -0.39 is 8.32 Å². The summed E-state index contributed by atoms with van der Waals surface area (Å²) in [7, 11) is -1.97. The van der Waals surface area contributed by atoms with Crippen LogP contribution in [0.15, 0.2) is 23.3 Å². The molecule has 0 aromatic heterocycles. The lowest BCUT2D eigenvalue weighted by atomic mass is 10.1. The van der Waals surface area contributed by atoms with Gasteiger partial charge in [0.05, 0.1) is 12.7 Å². The zero-order valence-electron chi connectivity index (χ0n) is 16.8. The highest BCUT2D eigenvalue weighted by atomic mass is 28.4. The van der Waals surface area contributed by atoms with E-state index in [0.29, 0.717) is 23.2 Å². The number of carbonyl (C=O) groups excluding carboxylic acids is 1. The zero-order chi connectivity index (χ0) is 18.5. The monoisotopic (exact) mass is 352 g/mol. The van der Waals surface area contributed by atoms with E-state index in [4.69, 9.17) is 9.16 Å². The summed E-state index contributed by atoms with van der Waals surface area (Å²) < 4.78 is 12.1. The number of carbonyl (C=O) groups is 1. The van der Waals surface area contributed by atoms with E-state index >= 15 is 0 Å². The lowest BCUT2D eigenvalue weighted by molar-refractivity contribution is -0.137. The molecule has 3 nitrogen and oxygen atoms in total. The molecule has 24 heavy (non-hydrogen) atoms. The normalized spacial score (nSPS) is 22.4. The molecule has 1 aliphatic rings. The van der Waals surface area contributed by atoms with Gasteiger partial charge in [0.2, 0.25) is 8.32 Å². The van der Waals surface area contributed by atoms with Crippen LogP contribution >= 0.6 is 0 Å². The van der Waals surface area contributed by atoms with E-state index in [1.165, 1.54) is 5.57 Å². The maximum absolute atomic E-state index is 12.0. The first-order chi connectivity index (χ1) is 11.2. The summed E-state index contributed by atoms with van der Waals surface area (Å²) in [6.07, 6.45) is 5.74. The predicted octanol–water partition coefficient (Wildman–Crippen LogP) is 5.78. The molecule has 1 unspecified atom stereocenters. The van der Waals surface area contributed by atoms with Crippen molar-refractivity contribution in [3.8, 4) is 0 Å². The topological polar surface area (TPSA) is 35.5 Å². The Hall–Kier alpha value is -0.873. The van der Waals surface area contributed by atoms with E-state index in [9.17, 15) is 4.79 Å². The lowest BCUT2D eigenvalue weighted by Gasteiger charge is -2.44. The van der Waals surface area contributed by atoms with Crippen LogP contribution in [0.5, 0.6) is 0 Å². The van der Waals surface area contributed by atoms with Crippen molar-refractivity contribution in [3.05, 3.63) is 23.3 Å². The molecule has 0 aromatic carbocycles. The number of hydrogen-bond acceptors (Lipinski definition) is 3. The number of allylic oxidation sites excluding steroid dienone is 1.